The average molecular weight is 875 g/mol. The molecule has 10 heteroatoms. The maximum absolute atomic E-state index is 12.8. The highest BCUT2D eigenvalue weighted by molar-refractivity contribution is 5.70. The number of ether oxygens (including phenoxy) is 4. The smallest absolute Gasteiger partial charge is 0.306 e. The molecule has 358 valence electrons. The van der Waals surface area contributed by atoms with Crippen molar-refractivity contribution in [3.63, 3.8) is 0 Å². The normalized spacial score (nSPS) is 20.1. The van der Waals surface area contributed by atoms with Crippen LogP contribution in [0.4, 0.5) is 0 Å². The molecule has 0 saturated carbocycles. The van der Waals surface area contributed by atoms with Gasteiger partial charge in [0.1, 0.15) is 31.0 Å². The molecule has 2 unspecified atom stereocenters. The molecule has 1 rings (SSSR count). The molecular formula is C52H90O10. The van der Waals surface area contributed by atoms with Crippen LogP contribution in [0.1, 0.15) is 200 Å². The van der Waals surface area contributed by atoms with Gasteiger partial charge >= 0.3 is 11.9 Å². The van der Waals surface area contributed by atoms with Crippen LogP contribution < -0.4 is 0 Å². The fourth-order valence-corrected chi connectivity index (χ4v) is 7.28. The molecule has 1 aliphatic rings. The Labute approximate surface area is 377 Å². The lowest BCUT2D eigenvalue weighted by Crippen LogP contribution is -2.59. The number of aliphatic hydroxyl groups is 4. The van der Waals surface area contributed by atoms with Crippen LogP contribution in [0.25, 0.3) is 0 Å². The second-order valence-electron chi connectivity index (χ2n) is 16.9. The number of allylic oxidation sites excluding steroid dienone is 10. The number of unbranched alkanes of at least 4 members (excludes halogenated alkanes) is 20. The predicted molar refractivity (Wildman–Crippen MR) is 251 cm³/mol. The molecule has 0 aromatic carbocycles. The van der Waals surface area contributed by atoms with Crippen molar-refractivity contribution in [2.75, 3.05) is 19.8 Å². The summed E-state index contributed by atoms with van der Waals surface area (Å²) in [4.78, 5) is 25.4. The van der Waals surface area contributed by atoms with Gasteiger partial charge in [-0.2, -0.15) is 0 Å². The van der Waals surface area contributed by atoms with Gasteiger partial charge in [-0.1, -0.05) is 197 Å². The highest BCUT2D eigenvalue weighted by Crippen LogP contribution is 2.23. The van der Waals surface area contributed by atoms with Crippen LogP contribution >= 0.6 is 0 Å². The van der Waals surface area contributed by atoms with Crippen molar-refractivity contribution in [2.45, 2.75) is 237 Å². The first-order valence-corrected chi connectivity index (χ1v) is 24.9. The van der Waals surface area contributed by atoms with Gasteiger partial charge in [0.2, 0.25) is 0 Å². The molecule has 0 spiro atoms. The van der Waals surface area contributed by atoms with Crippen LogP contribution in [0.3, 0.4) is 0 Å². The summed E-state index contributed by atoms with van der Waals surface area (Å²) in [5.41, 5.74) is 0. The number of carbonyl (C=O) groups excluding carboxylic acids is 2. The van der Waals surface area contributed by atoms with E-state index in [1.807, 2.05) is 6.08 Å². The van der Waals surface area contributed by atoms with E-state index in [0.717, 1.165) is 57.8 Å². The molecule has 0 aliphatic carbocycles. The molecule has 0 bridgehead atoms. The minimum atomic E-state index is -1.60. The lowest BCUT2D eigenvalue weighted by molar-refractivity contribution is -0.305. The number of hydrogen-bond donors (Lipinski definition) is 4. The molecule has 6 atom stereocenters. The Morgan fingerprint density at radius 3 is 1.42 bits per heavy atom. The molecule has 10 nitrogen and oxygen atoms in total. The van der Waals surface area contributed by atoms with Gasteiger partial charge in [-0.05, 0) is 51.4 Å². The van der Waals surface area contributed by atoms with E-state index >= 15 is 0 Å². The molecule has 4 N–H and O–H groups in total. The zero-order chi connectivity index (χ0) is 45.1. The Balaban J connectivity index is 2.31. The first kappa shape index (κ1) is 57.4. The quantitative estimate of drug-likeness (QED) is 0.0265. The van der Waals surface area contributed by atoms with Crippen LogP contribution in [0.15, 0.2) is 60.8 Å². The third kappa shape index (κ3) is 33.0. The van der Waals surface area contributed by atoms with Crippen molar-refractivity contribution < 1.29 is 49.0 Å². The van der Waals surface area contributed by atoms with Crippen molar-refractivity contribution in [3.8, 4) is 0 Å². The number of hydrogen-bond acceptors (Lipinski definition) is 10. The summed E-state index contributed by atoms with van der Waals surface area (Å²) in [6.07, 6.45) is 45.2. The third-order valence-electron chi connectivity index (χ3n) is 11.2. The Hall–Kier alpha value is -2.60. The van der Waals surface area contributed by atoms with E-state index < -0.39 is 55.4 Å². The van der Waals surface area contributed by atoms with E-state index in [0.29, 0.717) is 12.8 Å². The average Bonchev–Trinajstić information content (AvgIpc) is 3.27. The number of esters is 2. The van der Waals surface area contributed by atoms with Gasteiger partial charge in [-0.3, -0.25) is 9.59 Å². The zero-order valence-electron chi connectivity index (χ0n) is 39.1. The first-order chi connectivity index (χ1) is 30.3. The minimum absolute atomic E-state index is 0.196. The highest BCUT2D eigenvalue weighted by atomic mass is 16.7. The van der Waals surface area contributed by atoms with Crippen LogP contribution in [-0.4, -0.2) is 89.0 Å². The van der Waals surface area contributed by atoms with E-state index in [9.17, 15) is 30.0 Å². The molecule has 1 saturated heterocycles. The fourth-order valence-electron chi connectivity index (χ4n) is 7.28. The van der Waals surface area contributed by atoms with Crippen molar-refractivity contribution in [1.82, 2.24) is 0 Å². The Morgan fingerprint density at radius 1 is 0.516 bits per heavy atom. The van der Waals surface area contributed by atoms with Crippen LogP contribution in [0.5, 0.6) is 0 Å². The van der Waals surface area contributed by atoms with Crippen LogP contribution in [0, 0.1) is 0 Å². The topological polar surface area (TPSA) is 152 Å². The predicted octanol–water partition coefficient (Wildman–Crippen LogP) is 11.4. The number of carbonyl (C=O) groups is 2. The SMILES string of the molecule is CC/C=C/C/C=C/C/C=C/C/C=C/C/C=C/CCCC(=O)OC[C@H](CO[C@@H]1O[C@H](CO)[C@H](O)C(O)C1O)OC(=O)CCCCCCCCCCCCCCCCCCCCCC. The van der Waals surface area contributed by atoms with Gasteiger partial charge in [-0.15, -0.1) is 0 Å². The Kier molecular flexibility index (Phi) is 39.2. The fraction of sp³-hybridized carbons (Fsp3) is 0.769. The van der Waals surface area contributed by atoms with Gasteiger partial charge < -0.3 is 39.4 Å². The summed E-state index contributed by atoms with van der Waals surface area (Å²) >= 11 is 0. The van der Waals surface area contributed by atoms with E-state index in [2.05, 4.69) is 68.5 Å². The second kappa shape index (κ2) is 42.4. The summed E-state index contributed by atoms with van der Waals surface area (Å²) in [5.74, 6) is -0.871. The van der Waals surface area contributed by atoms with E-state index in [1.54, 1.807) is 0 Å². The van der Waals surface area contributed by atoms with Crippen LogP contribution in [-0.2, 0) is 28.5 Å². The molecule has 0 radical (unpaired) electrons. The standard InChI is InChI=1S/C52H90O10/c1-3-5-7-9-11-13-15-17-19-21-22-23-25-27-29-31-33-35-37-39-41-48(55)61-45(44-60-52-51(58)50(57)49(56)46(42-53)62-52)43-59-47(54)40-38-36-34-32-30-28-26-24-20-18-16-14-12-10-8-6-4-2/h6,8,12,14,18,20,26,28,32,34,45-46,49-53,56-58H,3-5,7,9-11,13,15-17,19,21-25,27,29-31,33,35-44H2,1-2H3/b8-6+,14-12+,20-18+,28-26+,34-32+/t45-,46-,49+,50?,51?,52-/m1/s1. The van der Waals surface area contributed by atoms with Gasteiger partial charge in [0.25, 0.3) is 0 Å². The van der Waals surface area contributed by atoms with Gasteiger partial charge in [0.05, 0.1) is 13.2 Å². The summed E-state index contributed by atoms with van der Waals surface area (Å²) in [6, 6.07) is 0. The summed E-state index contributed by atoms with van der Waals surface area (Å²) in [5, 5.41) is 40.2. The number of aliphatic hydroxyl groups excluding tert-OH is 4. The maximum atomic E-state index is 12.8. The van der Waals surface area contributed by atoms with Crippen molar-refractivity contribution in [3.05, 3.63) is 60.8 Å². The molecule has 1 fully saturated rings. The molecular weight excluding hydrogens is 785 g/mol. The van der Waals surface area contributed by atoms with E-state index in [4.69, 9.17) is 18.9 Å². The molecule has 1 heterocycles. The summed E-state index contributed by atoms with van der Waals surface area (Å²) in [7, 11) is 0. The lowest BCUT2D eigenvalue weighted by atomic mass is 9.99. The second-order valence-corrected chi connectivity index (χ2v) is 16.9. The monoisotopic (exact) mass is 875 g/mol. The van der Waals surface area contributed by atoms with Gasteiger partial charge in [0, 0.05) is 12.8 Å². The van der Waals surface area contributed by atoms with E-state index in [-0.39, 0.29) is 26.1 Å². The maximum Gasteiger partial charge on any atom is 0.306 e. The largest absolute Gasteiger partial charge is 0.462 e. The Morgan fingerprint density at radius 2 is 0.952 bits per heavy atom. The van der Waals surface area contributed by atoms with Gasteiger partial charge in [-0.25, -0.2) is 0 Å². The summed E-state index contributed by atoms with van der Waals surface area (Å²) < 4.78 is 22.2. The zero-order valence-corrected chi connectivity index (χ0v) is 39.1. The molecule has 0 aromatic heterocycles. The molecule has 62 heavy (non-hydrogen) atoms. The minimum Gasteiger partial charge on any atom is -0.462 e. The van der Waals surface area contributed by atoms with Gasteiger partial charge in [0.15, 0.2) is 12.4 Å². The first-order valence-electron chi connectivity index (χ1n) is 24.9. The molecule has 1 aliphatic heterocycles. The van der Waals surface area contributed by atoms with Crippen molar-refractivity contribution in [2.24, 2.45) is 0 Å². The van der Waals surface area contributed by atoms with Crippen molar-refractivity contribution >= 4 is 11.9 Å². The van der Waals surface area contributed by atoms with Crippen LogP contribution in [0.2, 0.25) is 0 Å². The Bertz CT molecular complexity index is 1190. The highest BCUT2D eigenvalue weighted by Gasteiger charge is 2.44. The third-order valence-corrected chi connectivity index (χ3v) is 11.2. The summed E-state index contributed by atoms with van der Waals surface area (Å²) in [6.45, 7) is 3.27. The molecule has 0 amide bonds. The molecule has 0 aromatic rings. The van der Waals surface area contributed by atoms with E-state index in [1.165, 1.54) is 103 Å². The van der Waals surface area contributed by atoms with Crippen molar-refractivity contribution in [1.29, 1.82) is 0 Å². The lowest BCUT2D eigenvalue weighted by Gasteiger charge is -2.39. The number of rotatable bonds is 41.